The second-order valence-electron chi connectivity index (χ2n) is 10.5. The van der Waals surface area contributed by atoms with Crippen molar-refractivity contribution < 1.29 is 28.6 Å². The number of rotatable bonds is 13. The number of carbonyl (C=O) groups is 4. The molecule has 1 rings (SSSR count). The summed E-state index contributed by atoms with van der Waals surface area (Å²) < 4.78 is 13.1. The van der Waals surface area contributed by atoms with Gasteiger partial charge in [-0.1, -0.05) is 41.5 Å². The first kappa shape index (κ1) is 29.3. The van der Waals surface area contributed by atoms with Crippen LogP contribution in [0.15, 0.2) is 0 Å². The number of likely N-dealkylation sites (N-methyl/N-ethyl adjacent to an activating group) is 1. The smallest absolute Gasteiger partial charge is 0.242 e. The van der Waals surface area contributed by atoms with Crippen LogP contribution in [0.3, 0.4) is 0 Å². The quantitative estimate of drug-likeness (QED) is 0.270. The SMILES string of the molecule is CNC(=O)[C@H](CC(C)C)NC(=O)C(CC(C)C)CP(=O)(O)CN1C(=O)CC(CC(C)C)C1=O. The van der Waals surface area contributed by atoms with E-state index in [1.54, 1.807) is 0 Å². The fourth-order valence-electron chi connectivity index (χ4n) is 4.28. The molecular weight excluding hydrogens is 445 g/mol. The van der Waals surface area contributed by atoms with E-state index in [1.165, 1.54) is 7.05 Å². The molecule has 4 atom stereocenters. The van der Waals surface area contributed by atoms with E-state index in [-0.39, 0.29) is 36.2 Å². The van der Waals surface area contributed by atoms with Crippen molar-refractivity contribution >= 4 is 31.0 Å². The lowest BCUT2D eigenvalue weighted by Gasteiger charge is -2.26. The Bertz CT molecular complexity index is 767. The predicted molar refractivity (Wildman–Crippen MR) is 127 cm³/mol. The largest absolute Gasteiger partial charge is 0.357 e. The minimum absolute atomic E-state index is 0.0515. The highest BCUT2D eigenvalue weighted by Gasteiger charge is 2.42. The topological polar surface area (TPSA) is 133 Å². The third kappa shape index (κ3) is 9.57. The molecule has 1 heterocycles. The van der Waals surface area contributed by atoms with Crippen LogP contribution in [0.2, 0.25) is 0 Å². The molecule has 0 radical (unpaired) electrons. The van der Waals surface area contributed by atoms with E-state index in [0.717, 1.165) is 4.90 Å². The summed E-state index contributed by atoms with van der Waals surface area (Å²) in [5, 5.41) is 5.28. The Kier molecular flexibility index (Phi) is 11.2. The van der Waals surface area contributed by atoms with Crippen molar-refractivity contribution in [3.8, 4) is 0 Å². The number of carbonyl (C=O) groups excluding carboxylic acids is 4. The normalized spacial score (nSPS) is 20.3. The van der Waals surface area contributed by atoms with Crippen LogP contribution in [-0.4, -0.2) is 59.0 Å². The average molecular weight is 488 g/mol. The van der Waals surface area contributed by atoms with E-state index in [2.05, 4.69) is 10.6 Å². The maximum absolute atomic E-state index is 13.1. The number of nitrogens with zero attached hydrogens (tertiary/aromatic N) is 1. The number of nitrogens with one attached hydrogen (secondary N) is 2. The summed E-state index contributed by atoms with van der Waals surface area (Å²) >= 11 is 0. The van der Waals surface area contributed by atoms with E-state index in [0.29, 0.717) is 19.3 Å². The molecule has 190 valence electrons. The van der Waals surface area contributed by atoms with E-state index in [4.69, 9.17) is 0 Å². The van der Waals surface area contributed by atoms with Gasteiger partial charge in [0.05, 0.1) is 0 Å². The van der Waals surface area contributed by atoms with Gasteiger partial charge in [0.2, 0.25) is 31.0 Å². The summed E-state index contributed by atoms with van der Waals surface area (Å²) in [7, 11) is -2.53. The summed E-state index contributed by atoms with van der Waals surface area (Å²) in [6.45, 7) is 11.6. The molecule has 0 aromatic rings. The van der Waals surface area contributed by atoms with Crippen molar-refractivity contribution in [2.45, 2.75) is 73.3 Å². The summed E-state index contributed by atoms with van der Waals surface area (Å²) in [5.74, 6) is -2.48. The van der Waals surface area contributed by atoms with Crippen molar-refractivity contribution in [3.05, 3.63) is 0 Å². The van der Waals surface area contributed by atoms with Gasteiger partial charge >= 0.3 is 0 Å². The zero-order chi connectivity index (χ0) is 25.5. The molecule has 9 nitrogen and oxygen atoms in total. The second-order valence-corrected chi connectivity index (χ2v) is 12.8. The van der Waals surface area contributed by atoms with Gasteiger partial charge in [-0.05, 0) is 37.0 Å². The van der Waals surface area contributed by atoms with Gasteiger partial charge in [0, 0.05) is 31.5 Å². The predicted octanol–water partition coefficient (Wildman–Crippen LogP) is 2.57. The van der Waals surface area contributed by atoms with Gasteiger partial charge in [-0.15, -0.1) is 0 Å². The summed E-state index contributed by atoms with van der Waals surface area (Å²) in [5.41, 5.74) is 0. The lowest BCUT2D eigenvalue weighted by atomic mass is 9.96. The van der Waals surface area contributed by atoms with Crippen LogP contribution in [0, 0.1) is 29.6 Å². The zero-order valence-electron chi connectivity index (χ0n) is 21.1. The standard InChI is InChI=1S/C23H42N3O6P/c1-14(2)8-17-11-20(27)26(23(17)30)13-33(31,32)12-18(9-15(3)4)21(28)25-19(10-16(5)6)22(29)24-7/h14-19H,8-13H2,1-7H3,(H,24,29)(H,25,28)(H,31,32)/t17?,18?,19-/m0/s1. The molecule has 0 aliphatic carbocycles. The molecule has 1 aliphatic rings. The Morgan fingerprint density at radius 2 is 1.61 bits per heavy atom. The van der Waals surface area contributed by atoms with Crippen LogP contribution in [0.1, 0.15) is 67.2 Å². The molecule has 0 bridgehead atoms. The zero-order valence-corrected chi connectivity index (χ0v) is 22.0. The third-order valence-electron chi connectivity index (χ3n) is 5.67. The van der Waals surface area contributed by atoms with E-state index >= 15 is 0 Å². The molecule has 1 saturated heterocycles. The Balaban J connectivity index is 2.96. The third-order valence-corrected chi connectivity index (χ3v) is 7.41. The number of amides is 4. The molecule has 10 heteroatoms. The van der Waals surface area contributed by atoms with Gasteiger partial charge in [-0.3, -0.25) is 28.6 Å². The maximum atomic E-state index is 13.1. The average Bonchev–Trinajstić information content (AvgIpc) is 2.91. The van der Waals surface area contributed by atoms with Gasteiger partial charge in [-0.2, -0.15) is 0 Å². The van der Waals surface area contributed by atoms with Crippen LogP contribution in [0.5, 0.6) is 0 Å². The molecule has 1 fully saturated rings. The van der Waals surface area contributed by atoms with Crippen molar-refractivity contribution in [1.29, 1.82) is 0 Å². The molecule has 0 saturated carbocycles. The lowest BCUT2D eigenvalue weighted by Crippen LogP contribution is -2.49. The number of hydrogen-bond acceptors (Lipinski definition) is 5. The molecule has 3 N–H and O–H groups in total. The fraction of sp³-hybridized carbons (Fsp3) is 0.826. The molecular formula is C23H42N3O6P. The highest BCUT2D eigenvalue weighted by Crippen LogP contribution is 2.46. The minimum Gasteiger partial charge on any atom is -0.357 e. The Morgan fingerprint density at radius 3 is 2.09 bits per heavy atom. The molecule has 0 aromatic heterocycles. The Hall–Kier alpha value is -1.73. The first-order valence-corrected chi connectivity index (χ1v) is 13.9. The molecule has 1 aliphatic heterocycles. The van der Waals surface area contributed by atoms with E-state index < -0.39 is 49.3 Å². The van der Waals surface area contributed by atoms with Gasteiger partial charge in [-0.25, -0.2) is 0 Å². The Labute approximate surface area is 197 Å². The minimum atomic E-state index is -4.02. The molecule has 0 aromatic carbocycles. The highest BCUT2D eigenvalue weighted by atomic mass is 31.2. The van der Waals surface area contributed by atoms with E-state index in [9.17, 15) is 28.6 Å². The van der Waals surface area contributed by atoms with Crippen molar-refractivity contribution in [2.75, 3.05) is 19.5 Å². The second kappa shape index (κ2) is 12.7. The van der Waals surface area contributed by atoms with Crippen molar-refractivity contribution in [1.82, 2.24) is 15.5 Å². The van der Waals surface area contributed by atoms with Crippen LogP contribution >= 0.6 is 7.37 Å². The van der Waals surface area contributed by atoms with Gasteiger partial charge < -0.3 is 15.5 Å². The van der Waals surface area contributed by atoms with Gasteiger partial charge in [0.1, 0.15) is 12.3 Å². The number of likely N-dealkylation sites (tertiary alicyclic amines) is 1. The van der Waals surface area contributed by atoms with Crippen molar-refractivity contribution in [2.24, 2.45) is 29.6 Å². The van der Waals surface area contributed by atoms with Gasteiger partial charge in [0.15, 0.2) is 0 Å². The number of imide groups is 1. The number of hydrogen-bond donors (Lipinski definition) is 3. The molecule has 4 amide bonds. The Morgan fingerprint density at radius 1 is 1.03 bits per heavy atom. The first-order chi connectivity index (χ1) is 15.2. The van der Waals surface area contributed by atoms with Crippen LogP contribution < -0.4 is 10.6 Å². The van der Waals surface area contributed by atoms with Crippen LogP contribution in [0.25, 0.3) is 0 Å². The lowest BCUT2D eigenvalue weighted by molar-refractivity contribution is -0.138. The fourth-order valence-corrected chi connectivity index (χ4v) is 6.13. The summed E-state index contributed by atoms with van der Waals surface area (Å²) in [6, 6.07) is -0.742. The summed E-state index contributed by atoms with van der Waals surface area (Å²) in [6.07, 6.45) is 0.444. The molecule has 33 heavy (non-hydrogen) atoms. The van der Waals surface area contributed by atoms with Gasteiger partial charge in [0.25, 0.3) is 0 Å². The maximum Gasteiger partial charge on any atom is 0.242 e. The van der Waals surface area contributed by atoms with E-state index in [1.807, 2.05) is 41.5 Å². The summed E-state index contributed by atoms with van der Waals surface area (Å²) in [4.78, 5) is 61.8. The van der Waals surface area contributed by atoms with Crippen LogP contribution in [-0.2, 0) is 23.7 Å². The highest BCUT2D eigenvalue weighted by molar-refractivity contribution is 7.58. The van der Waals surface area contributed by atoms with Crippen molar-refractivity contribution in [3.63, 3.8) is 0 Å². The first-order valence-electron chi connectivity index (χ1n) is 11.8. The molecule has 3 unspecified atom stereocenters. The van der Waals surface area contributed by atoms with Crippen LogP contribution in [0.4, 0.5) is 0 Å². The molecule has 0 spiro atoms. The monoisotopic (exact) mass is 487 g/mol.